The molecule has 0 radical (unpaired) electrons. The van der Waals surface area contributed by atoms with Crippen LogP contribution in [0.15, 0.2) is 12.2 Å². The van der Waals surface area contributed by atoms with Gasteiger partial charge in [-0.25, -0.2) is 4.79 Å². The van der Waals surface area contributed by atoms with Crippen LogP contribution >= 0.6 is 0 Å². The summed E-state index contributed by atoms with van der Waals surface area (Å²) in [6, 6.07) is 0. The van der Waals surface area contributed by atoms with Gasteiger partial charge in [-0.15, -0.1) is 0 Å². The summed E-state index contributed by atoms with van der Waals surface area (Å²) >= 11 is 0. The first-order chi connectivity index (χ1) is 8.45. The third-order valence-electron chi connectivity index (χ3n) is 5.73. The molecule has 3 fully saturated rings. The molecular formula is C15H22O3. The van der Waals surface area contributed by atoms with E-state index in [0.29, 0.717) is 11.5 Å². The Morgan fingerprint density at radius 1 is 1.39 bits per heavy atom. The molecule has 0 unspecified atom stereocenters. The summed E-state index contributed by atoms with van der Waals surface area (Å²) in [6.07, 6.45) is 3.49. The number of carbonyl (C=O) groups excluding carboxylic acids is 1. The third-order valence-corrected chi connectivity index (χ3v) is 5.73. The number of esters is 1. The van der Waals surface area contributed by atoms with Gasteiger partial charge < -0.3 is 9.84 Å². The predicted molar refractivity (Wildman–Crippen MR) is 67.7 cm³/mol. The van der Waals surface area contributed by atoms with Crippen LogP contribution in [0.25, 0.3) is 0 Å². The van der Waals surface area contributed by atoms with Gasteiger partial charge in [0, 0.05) is 22.8 Å². The number of ether oxygens (including phenoxy) is 1. The van der Waals surface area contributed by atoms with Crippen molar-refractivity contribution in [1.29, 1.82) is 0 Å². The first kappa shape index (κ1) is 12.2. The maximum absolute atomic E-state index is 11.7. The Labute approximate surface area is 108 Å². The molecule has 6 atom stereocenters. The molecule has 1 heterocycles. The van der Waals surface area contributed by atoms with Gasteiger partial charge in [-0.2, -0.15) is 0 Å². The van der Waals surface area contributed by atoms with Crippen LogP contribution in [0.1, 0.15) is 39.5 Å². The van der Waals surface area contributed by atoms with E-state index < -0.39 is 0 Å². The highest BCUT2D eigenvalue weighted by molar-refractivity contribution is 5.90. The summed E-state index contributed by atoms with van der Waals surface area (Å²) in [6.45, 7) is 8.28. The quantitative estimate of drug-likeness (QED) is 0.530. The lowest BCUT2D eigenvalue weighted by Gasteiger charge is -2.54. The number of rotatable bonds is 0. The van der Waals surface area contributed by atoms with Crippen molar-refractivity contribution >= 4 is 5.97 Å². The summed E-state index contributed by atoms with van der Waals surface area (Å²) in [4.78, 5) is 11.7. The van der Waals surface area contributed by atoms with Crippen LogP contribution in [-0.4, -0.2) is 23.3 Å². The molecule has 0 aromatic heterocycles. The molecule has 0 bridgehead atoms. The maximum Gasteiger partial charge on any atom is 0.334 e. The highest BCUT2D eigenvalue weighted by atomic mass is 16.6. The van der Waals surface area contributed by atoms with E-state index in [2.05, 4.69) is 20.4 Å². The largest absolute Gasteiger partial charge is 0.458 e. The van der Waals surface area contributed by atoms with Crippen molar-refractivity contribution in [2.75, 3.05) is 0 Å². The number of carbonyl (C=O) groups is 1. The van der Waals surface area contributed by atoms with Gasteiger partial charge in [0.25, 0.3) is 0 Å². The van der Waals surface area contributed by atoms with E-state index in [9.17, 15) is 9.90 Å². The average molecular weight is 250 g/mol. The summed E-state index contributed by atoms with van der Waals surface area (Å²) in [5.41, 5.74) is 0.554. The minimum atomic E-state index is -0.257. The number of hydrogen-bond acceptors (Lipinski definition) is 3. The van der Waals surface area contributed by atoms with Gasteiger partial charge in [0.2, 0.25) is 0 Å². The Kier molecular flexibility index (Phi) is 2.60. The summed E-state index contributed by atoms with van der Waals surface area (Å²) in [5.74, 6) is 0.748. The highest BCUT2D eigenvalue weighted by Gasteiger charge is 2.58. The molecule has 2 saturated carbocycles. The average Bonchev–Trinajstić information content (AvgIpc) is 2.60. The molecule has 3 rings (SSSR count). The second-order valence-electron chi connectivity index (χ2n) is 6.64. The fourth-order valence-corrected chi connectivity index (χ4v) is 4.59. The van der Waals surface area contributed by atoms with Crippen LogP contribution in [0.5, 0.6) is 0 Å². The molecule has 1 aliphatic heterocycles. The normalized spacial score (nSPS) is 51.6. The van der Waals surface area contributed by atoms with Crippen LogP contribution in [0.4, 0.5) is 0 Å². The van der Waals surface area contributed by atoms with Crippen molar-refractivity contribution in [3.05, 3.63) is 12.2 Å². The molecule has 3 aliphatic rings. The molecule has 1 N–H and O–H groups in total. The van der Waals surface area contributed by atoms with Crippen LogP contribution < -0.4 is 0 Å². The molecule has 3 nitrogen and oxygen atoms in total. The first-order valence-electron chi connectivity index (χ1n) is 7.03. The van der Waals surface area contributed by atoms with Gasteiger partial charge in [-0.05, 0) is 31.6 Å². The van der Waals surface area contributed by atoms with Crippen molar-refractivity contribution in [2.45, 2.75) is 51.7 Å². The second kappa shape index (κ2) is 3.83. The fraction of sp³-hybridized carbons (Fsp3) is 0.800. The van der Waals surface area contributed by atoms with Gasteiger partial charge in [-0.3, -0.25) is 0 Å². The maximum atomic E-state index is 11.7. The Balaban J connectivity index is 1.97. The Morgan fingerprint density at radius 2 is 2.11 bits per heavy atom. The minimum Gasteiger partial charge on any atom is -0.458 e. The third kappa shape index (κ3) is 1.43. The Hall–Kier alpha value is -0.830. The standard InChI is InChI=1S/C15H22O3/c1-8-4-5-11(16)15(3)7-6-10-9(2)14(17)18-13(10)12(8)15/h8,10-13,16H,2,4-7H2,1,3H3/t8-,10-,11+,12+,13-,15-/m0/s1. The topological polar surface area (TPSA) is 46.5 Å². The van der Waals surface area contributed by atoms with Crippen LogP contribution in [0.3, 0.4) is 0 Å². The lowest BCUT2D eigenvalue weighted by molar-refractivity contribution is -0.166. The van der Waals surface area contributed by atoms with Crippen molar-refractivity contribution in [3.63, 3.8) is 0 Å². The molecule has 3 heteroatoms. The van der Waals surface area contributed by atoms with Crippen molar-refractivity contribution in [2.24, 2.45) is 23.2 Å². The van der Waals surface area contributed by atoms with Crippen molar-refractivity contribution in [3.8, 4) is 0 Å². The molecule has 0 aromatic rings. The van der Waals surface area contributed by atoms with Gasteiger partial charge in [0.1, 0.15) is 6.10 Å². The summed E-state index contributed by atoms with van der Waals surface area (Å²) in [5, 5.41) is 10.4. The molecule has 0 aromatic carbocycles. The highest BCUT2D eigenvalue weighted by Crippen LogP contribution is 2.57. The number of hydrogen-bond donors (Lipinski definition) is 1. The lowest BCUT2D eigenvalue weighted by Crippen LogP contribution is -2.55. The molecular weight excluding hydrogens is 228 g/mol. The van der Waals surface area contributed by atoms with Crippen molar-refractivity contribution in [1.82, 2.24) is 0 Å². The first-order valence-corrected chi connectivity index (χ1v) is 7.03. The van der Waals surface area contributed by atoms with E-state index in [1.807, 2.05) is 0 Å². The van der Waals surface area contributed by atoms with Crippen LogP contribution in [-0.2, 0) is 9.53 Å². The Bertz CT molecular complexity index is 403. The van der Waals surface area contributed by atoms with Gasteiger partial charge in [0.15, 0.2) is 0 Å². The van der Waals surface area contributed by atoms with Crippen LogP contribution in [0.2, 0.25) is 0 Å². The van der Waals surface area contributed by atoms with E-state index in [0.717, 1.165) is 25.7 Å². The van der Waals surface area contributed by atoms with Gasteiger partial charge in [-0.1, -0.05) is 20.4 Å². The molecule has 2 aliphatic carbocycles. The zero-order valence-electron chi connectivity index (χ0n) is 11.2. The van der Waals surface area contributed by atoms with E-state index in [1.165, 1.54) is 0 Å². The van der Waals surface area contributed by atoms with E-state index in [-0.39, 0.29) is 35.4 Å². The van der Waals surface area contributed by atoms with E-state index in [1.54, 1.807) is 0 Å². The molecule has 1 saturated heterocycles. The van der Waals surface area contributed by atoms with Gasteiger partial charge in [0.05, 0.1) is 6.10 Å². The summed E-state index contributed by atoms with van der Waals surface area (Å²) < 4.78 is 5.58. The zero-order valence-corrected chi connectivity index (χ0v) is 11.2. The second-order valence-corrected chi connectivity index (χ2v) is 6.64. The molecule has 18 heavy (non-hydrogen) atoms. The summed E-state index contributed by atoms with van der Waals surface area (Å²) in [7, 11) is 0. The fourth-order valence-electron chi connectivity index (χ4n) is 4.59. The zero-order chi connectivity index (χ0) is 13.1. The number of fused-ring (bicyclic) bond motifs is 3. The predicted octanol–water partition coefficient (Wildman–Crippen LogP) is 2.29. The number of aliphatic hydroxyl groups excluding tert-OH is 1. The minimum absolute atomic E-state index is 0.0475. The lowest BCUT2D eigenvalue weighted by atomic mass is 9.52. The van der Waals surface area contributed by atoms with E-state index in [4.69, 9.17) is 4.74 Å². The molecule has 0 spiro atoms. The Morgan fingerprint density at radius 3 is 2.83 bits per heavy atom. The van der Waals surface area contributed by atoms with Crippen molar-refractivity contribution < 1.29 is 14.6 Å². The SMILES string of the molecule is C=C1C(=O)O[C@@H]2[C@H]3[C@@H](C)CC[C@@H](O)[C@]3(C)CC[C@@H]12. The monoisotopic (exact) mass is 250 g/mol. The molecule has 100 valence electrons. The van der Waals surface area contributed by atoms with Gasteiger partial charge >= 0.3 is 5.97 Å². The smallest absolute Gasteiger partial charge is 0.334 e. The van der Waals surface area contributed by atoms with E-state index >= 15 is 0 Å². The number of aliphatic hydroxyl groups is 1. The van der Waals surface area contributed by atoms with Crippen LogP contribution in [0, 0.1) is 23.2 Å². The molecule has 0 amide bonds.